The molecule has 1 aromatic rings. The third-order valence-electron chi connectivity index (χ3n) is 2.30. The molecule has 0 saturated heterocycles. The van der Waals surface area contributed by atoms with Crippen LogP contribution in [0.5, 0.6) is 0 Å². The van der Waals surface area contributed by atoms with Crippen molar-refractivity contribution in [2.75, 3.05) is 6.61 Å². The van der Waals surface area contributed by atoms with Gasteiger partial charge in [-0.15, -0.1) is 0 Å². The van der Waals surface area contributed by atoms with E-state index >= 15 is 0 Å². The van der Waals surface area contributed by atoms with Crippen LogP contribution in [0, 0.1) is 0 Å². The van der Waals surface area contributed by atoms with Crippen molar-refractivity contribution < 1.29 is 13.5 Å². The van der Waals surface area contributed by atoms with E-state index in [9.17, 15) is 8.42 Å². The van der Waals surface area contributed by atoms with Gasteiger partial charge in [-0.2, -0.15) is 0 Å². The number of nitrogens with one attached hydrogen (secondary N) is 1. The molecule has 0 aliphatic carbocycles. The van der Waals surface area contributed by atoms with E-state index in [0.29, 0.717) is 10.9 Å². The summed E-state index contributed by atoms with van der Waals surface area (Å²) in [7, 11) is -3.80. The fourth-order valence-electron chi connectivity index (χ4n) is 1.24. The van der Waals surface area contributed by atoms with Gasteiger partial charge in [0.1, 0.15) is 4.90 Å². The summed E-state index contributed by atoms with van der Waals surface area (Å²) in [5.41, 5.74) is 0. The highest BCUT2D eigenvalue weighted by Crippen LogP contribution is 2.31. The summed E-state index contributed by atoms with van der Waals surface area (Å²) in [6.45, 7) is 1.48. The van der Waals surface area contributed by atoms with Crippen LogP contribution in [-0.4, -0.2) is 26.2 Å². The van der Waals surface area contributed by atoms with Gasteiger partial charge < -0.3 is 5.11 Å². The third-order valence-corrected chi connectivity index (χ3v) is 5.48. The Morgan fingerprint density at radius 3 is 2.50 bits per heavy atom. The fraction of sp³-hybridized carbons (Fsp3) is 0.400. The predicted octanol–water partition coefficient (Wildman–Crippen LogP) is 2.81. The lowest BCUT2D eigenvalue weighted by atomic mass is 10.3. The maximum absolute atomic E-state index is 12.1. The van der Waals surface area contributed by atoms with Crippen LogP contribution in [0.25, 0.3) is 0 Å². The largest absolute Gasteiger partial charge is 0.395 e. The summed E-state index contributed by atoms with van der Waals surface area (Å²) in [6, 6.07) is 2.13. The highest BCUT2D eigenvalue weighted by atomic mass is 79.9. The number of rotatable bonds is 5. The molecule has 1 rings (SSSR count). The van der Waals surface area contributed by atoms with Crippen LogP contribution in [-0.2, 0) is 10.0 Å². The standard InChI is InChI=1S/C10H12BrCl2NO3S/c1-2-6(5-15)14-18(16,17)10-4-8(12)7(11)3-9(10)13/h3-4,6,14-15H,2,5H2,1H3/t6-/m1/s1. The van der Waals surface area contributed by atoms with Crippen molar-refractivity contribution in [3.8, 4) is 0 Å². The molecular weight excluding hydrogens is 365 g/mol. The second-order valence-corrected chi connectivity index (χ2v) is 6.96. The van der Waals surface area contributed by atoms with Crippen LogP contribution in [0.3, 0.4) is 0 Å². The van der Waals surface area contributed by atoms with Gasteiger partial charge in [0.2, 0.25) is 10.0 Å². The molecule has 0 heterocycles. The zero-order valence-electron chi connectivity index (χ0n) is 9.45. The summed E-state index contributed by atoms with van der Waals surface area (Å²) < 4.78 is 27.0. The Morgan fingerprint density at radius 1 is 1.39 bits per heavy atom. The topological polar surface area (TPSA) is 66.4 Å². The summed E-state index contributed by atoms with van der Waals surface area (Å²) in [5.74, 6) is 0. The molecule has 0 aromatic heterocycles. The lowest BCUT2D eigenvalue weighted by Gasteiger charge is -2.15. The molecule has 18 heavy (non-hydrogen) atoms. The highest BCUT2D eigenvalue weighted by Gasteiger charge is 2.22. The number of benzene rings is 1. The number of aliphatic hydroxyl groups is 1. The zero-order chi connectivity index (χ0) is 13.9. The maximum atomic E-state index is 12.1. The molecule has 0 unspecified atom stereocenters. The second-order valence-electron chi connectivity index (χ2n) is 3.61. The van der Waals surface area contributed by atoms with Gasteiger partial charge in [0.25, 0.3) is 0 Å². The van der Waals surface area contributed by atoms with Crippen molar-refractivity contribution in [2.45, 2.75) is 24.3 Å². The Kier molecular flexibility index (Phi) is 5.89. The number of sulfonamides is 1. The van der Waals surface area contributed by atoms with E-state index in [2.05, 4.69) is 20.7 Å². The van der Waals surface area contributed by atoms with Crippen molar-refractivity contribution in [2.24, 2.45) is 0 Å². The van der Waals surface area contributed by atoms with Crippen molar-refractivity contribution in [1.82, 2.24) is 4.72 Å². The van der Waals surface area contributed by atoms with E-state index in [-0.39, 0.29) is 21.5 Å². The van der Waals surface area contributed by atoms with Gasteiger partial charge in [-0.3, -0.25) is 0 Å². The highest BCUT2D eigenvalue weighted by molar-refractivity contribution is 9.10. The Labute approximate surface area is 124 Å². The number of halogens is 3. The molecule has 0 bridgehead atoms. The molecule has 0 amide bonds. The first-order valence-electron chi connectivity index (χ1n) is 5.09. The van der Waals surface area contributed by atoms with Crippen molar-refractivity contribution >= 4 is 49.2 Å². The predicted molar refractivity (Wildman–Crippen MR) is 75.6 cm³/mol. The first-order valence-corrected chi connectivity index (χ1v) is 8.12. The number of aliphatic hydroxyl groups excluding tert-OH is 1. The van der Waals surface area contributed by atoms with Gasteiger partial charge in [0, 0.05) is 10.5 Å². The molecule has 1 atom stereocenters. The SMILES string of the molecule is CC[C@H](CO)NS(=O)(=O)c1cc(Cl)c(Br)cc1Cl. The molecule has 0 spiro atoms. The van der Waals surface area contributed by atoms with Crippen molar-refractivity contribution in [3.63, 3.8) is 0 Å². The van der Waals surface area contributed by atoms with Gasteiger partial charge in [-0.05, 0) is 34.5 Å². The number of hydrogen-bond acceptors (Lipinski definition) is 3. The molecular formula is C10H12BrCl2NO3S. The third kappa shape index (κ3) is 3.82. The smallest absolute Gasteiger partial charge is 0.242 e. The van der Waals surface area contributed by atoms with E-state index in [1.165, 1.54) is 12.1 Å². The minimum Gasteiger partial charge on any atom is -0.395 e. The van der Waals surface area contributed by atoms with Crippen LogP contribution < -0.4 is 4.72 Å². The average molecular weight is 377 g/mol. The van der Waals surface area contributed by atoms with Crippen molar-refractivity contribution in [3.05, 3.63) is 26.7 Å². The van der Waals surface area contributed by atoms with E-state index in [4.69, 9.17) is 28.3 Å². The Balaban J connectivity index is 3.16. The molecule has 0 radical (unpaired) electrons. The van der Waals surface area contributed by atoms with Crippen LogP contribution in [0.1, 0.15) is 13.3 Å². The molecule has 0 fully saturated rings. The van der Waals surface area contributed by atoms with Crippen LogP contribution in [0.4, 0.5) is 0 Å². The maximum Gasteiger partial charge on any atom is 0.242 e. The van der Waals surface area contributed by atoms with E-state index in [1.54, 1.807) is 6.92 Å². The first kappa shape index (κ1) is 16.2. The molecule has 0 saturated carbocycles. The summed E-state index contributed by atoms with van der Waals surface area (Å²) in [5, 5.41) is 9.32. The molecule has 1 aromatic carbocycles. The van der Waals surface area contributed by atoms with E-state index in [0.717, 1.165) is 0 Å². The lowest BCUT2D eigenvalue weighted by Crippen LogP contribution is -2.37. The molecule has 2 N–H and O–H groups in total. The molecule has 102 valence electrons. The van der Waals surface area contributed by atoms with Crippen LogP contribution >= 0.6 is 39.1 Å². The quantitative estimate of drug-likeness (QED) is 0.776. The van der Waals surface area contributed by atoms with Crippen molar-refractivity contribution in [1.29, 1.82) is 0 Å². The minimum atomic E-state index is -3.80. The molecule has 0 aliphatic rings. The second kappa shape index (κ2) is 6.54. The van der Waals surface area contributed by atoms with Gasteiger partial charge in [0.15, 0.2) is 0 Å². The summed E-state index contributed by atoms with van der Waals surface area (Å²) >= 11 is 14.9. The Hall–Kier alpha value is 0.150. The molecule has 4 nitrogen and oxygen atoms in total. The zero-order valence-corrected chi connectivity index (χ0v) is 13.4. The Bertz CT molecular complexity index is 532. The Morgan fingerprint density at radius 2 is 2.00 bits per heavy atom. The average Bonchev–Trinajstić information content (AvgIpc) is 2.30. The molecule has 8 heteroatoms. The lowest BCUT2D eigenvalue weighted by molar-refractivity contribution is 0.254. The van der Waals surface area contributed by atoms with E-state index < -0.39 is 16.1 Å². The van der Waals surface area contributed by atoms with Crippen LogP contribution in [0.2, 0.25) is 10.0 Å². The van der Waals surface area contributed by atoms with Gasteiger partial charge in [0.05, 0.1) is 16.7 Å². The van der Waals surface area contributed by atoms with Gasteiger partial charge in [-0.1, -0.05) is 30.1 Å². The normalized spacial score (nSPS) is 13.6. The monoisotopic (exact) mass is 375 g/mol. The van der Waals surface area contributed by atoms with E-state index in [1.807, 2.05) is 0 Å². The van der Waals surface area contributed by atoms with Gasteiger partial charge >= 0.3 is 0 Å². The summed E-state index contributed by atoms with van der Waals surface area (Å²) in [6.07, 6.45) is 0.470. The fourth-order valence-corrected chi connectivity index (χ4v) is 3.81. The van der Waals surface area contributed by atoms with Gasteiger partial charge in [-0.25, -0.2) is 13.1 Å². The molecule has 0 aliphatic heterocycles. The summed E-state index contributed by atoms with van der Waals surface area (Å²) in [4.78, 5) is -0.107. The number of hydrogen-bond donors (Lipinski definition) is 2. The minimum absolute atomic E-state index is 0.0616. The first-order chi connectivity index (χ1) is 8.31. The van der Waals surface area contributed by atoms with Crippen LogP contribution in [0.15, 0.2) is 21.5 Å².